The quantitative estimate of drug-likeness (QED) is 0.0158. The van der Waals surface area contributed by atoms with Gasteiger partial charge in [-0.2, -0.15) is 0 Å². The normalized spacial score (nSPS) is 13.3. The smallest absolute Gasteiger partial charge is 0.343 e. The Balaban J connectivity index is 1.11. The lowest BCUT2D eigenvalue weighted by Crippen LogP contribution is -2.19. The van der Waals surface area contributed by atoms with E-state index in [1.54, 1.807) is 18.2 Å². The second kappa shape index (κ2) is 25.6. The van der Waals surface area contributed by atoms with Crippen LogP contribution in [0.2, 0.25) is 0 Å². The van der Waals surface area contributed by atoms with Crippen molar-refractivity contribution in [1.82, 2.24) is 0 Å². The highest BCUT2D eigenvalue weighted by atomic mass is 16.6. The highest BCUT2D eigenvalue weighted by Crippen LogP contribution is 2.46. The summed E-state index contributed by atoms with van der Waals surface area (Å²) in [5.74, 6) is 0.798. The van der Waals surface area contributed by atoms with Crippen molar-refractivity contribution in [2.24, 2.45) is 5.92 Å². The lowest BCUT2D eigenvalue weighted by Gasteiger charge is -2.18. The van der Waals surface area contributed by atoms with Crippen molar-refractivity contribution in [3.05, 3.63) is 95.1 Å². The summed E-state index contributed by atoms with van der Waals surface area (Å²) >= 11 is 0. The lowest BCUT2D eigenvalue weighted by atomic mass is 10.0. The van der Waals surface area contributed by atoms with Gasteiger partial charge in [0, 0.05) is 18.4 Å². The van der Waals surface area contributed by atoms with E-state index < -0.39 is 10.9 Å². The van der Waals surface area contributed by atoms with Crippen molar-refractivity contribution < 1.29 is 33.5 Å². The van der Waals surface area contributed by atoms with Crippen LogP contribution >= 0.6 is 0 Å². The molecule has 316 valence electrons. The van der Waals surface area contributed by atoms with Gasteiger partial charge in [0.25, 0.3) is 0 Å². The third-order valence-electron chi connectivity index (χ3n) is 11.0. The Bertz CT molecular complexity index is 1680. The van der Waals surface area contributed by atoms with Gasteiger partial charge in [-0.05, 0) is 86.1 Å². The Kier molecular flexibility index (Phi) is 20.4. The fourth-order valence-corrected chi connectivity index (χ4v) is 7.02. The molecular formula is C49H67NO8. The zero-order valence-electron chi connectivity index (χ0n) is 35.2. The van der Waals surface area contributed by atoms with Crippen LogP contribution in [-0.4, -0.2) is 35.7 Å². The average Bonchev–Trinajstić information content (AvgIpc) is 4.00. The van der Waals surface area contributed by atoms with Gasteiger partial charge in [0.2, 0.25) is 0 Å². The molecular weight excluding hydrogens is 731 g/mol. The van der Waals surface area contributed by atoms with Gasteiger partial charge in [0.15, 0.2) is 5.75 Å². The highest BCUT2D eigenvalue weighted by Gasteiger charge is 2.46. The van der Waals surface area contributed by atoms with Gasteiger partial charge in [-0.1, -0.05) is 134 Å². The summed E-state index contributed by atoms with van der Waals surface area (Å²) in [5, 5.41) is 12.0. The minimum absolute atomic E-state index is 0.0974. The molecule has 0 aliphatic heterocycles. The third kappa shape index (κ3) is 17.1. The van der Waals surface area contributed by atoms with Gasteiger partial charge in [0.1, 0.15) is 17.1 Å². The predicted octanol–water partition coefficient (Wildman–Crippen LogP) is 13.6. The molecule has 3 aromatic carbocycles. The number of rotatable bonds is 31. The number of hydrogen-bond acceptors (Lipinski definition) is 8. The molecule has 58 heavy (non-hydrogen) atoms. The van der Waals surface area contributed by atoms with E-state index in [0.29, 0.717) is 25.4 Å². The van der Waals surface area contributed by atoms with Crippen molar-refractivity contribution >= 4 is 17.6 Å². The molecule has 1 aliphatic carbocycles. The van der Waals surface area contributed by atoms with Crippen LogP contribution in [0.25, 0.3) is 11.1 Å². The van der Waals surface area contributed by atoms with Gasteiger partial charge in [0.05, 0.1) is 23.7 Å². The number of carbonyl (C=O) groups excluding carboxylic acids is 2. The van der Waals surface area contributed by atoms with E-state index in [9.17, 15) is 19.7 Å². The molecule has 1 fully saturated rings. The van der Waals surface area contributed by atoms with Crippen molar-refractivity contribution in [3.63, 3.8) is 0 Å². The van der Waals surface area contributed by atoms with E-state index in [1.165, 1.54) is 82.4 Å². The summed E-state index contributed by atoms with van der Waals surface area (Å²) in [5.41, 5.74) is 1.50. The molecule has 0 spiro atoms. The first kappa shape index (κ1) is 46.0. The number of benzene rings is 3. The van der Waals surface area contributed by atoms with Crippen molar-refractivity contribution in [1.29, 1.82) is 0 Å². The number of ether oxygens (including phenoxy) is 4. The molecule has 0 aromatic heterocycles. The van der Waals surface area contributed by atoms with E-state index in [2.05, 4.69) is 13.5 Å². The van der Waals surface area contributed by atoms with Crippen LogP contribution in [0.1, 0.15) is 159 Å². The van der Waals surface area contributed by atoms with Crippen LogP contribution in [0, 0.1) is 16.0 Å². The molecule has 0 radical (unpaired) electrons. The zero-order chi connectivity index (χ0) is 41.4. The van der Waals surface area contributed by atoms with Gasteiger partial charge in [-0.25, -0.2) is 4.79 Å². The van der Waals surface area contributed by atoms with Crippen molar-refractivity contribution in [3.8, 4) is 28.4 Å². The van der Waals surface area contributed by atoms with Crippen molar-refractivity contribution in [2.75, 3.05) is 13.2 Å². The molecule has 0 saturated heterocycles. The van der Waals surface area contributed by atoms with Crippen LogP contribution in [0.5, 0.6) is 17.2 Å². The van der Waals surface area contributed by atoms with Crippen LogP contribution < -0.4 is 14.2 Å². The first-order chi connectivity index (χ1) is 28.2. The molecule has 1 unspecified atom stereocenters. The minimum atomic E-state index is -0.666. The predicted molar refractivity (Wildman–Crippen MR) is 232 cm³/mol. The van der Waals surface area contributed by atoms with Crippen LogP contribution in [-0.2, 0) is 9.53 Å². The fraction of sp³-hybridized carbons (Fsp3) is 0.551. The molecule has 9 nitrogen and oxygen atoms in total. The minimum Gasteiger partial charge on any atom is -0.494 e. The summed E-state index contributed by atoms with van der Waals surface area (Å²) in [6.07, 6.45) is 24.9. The maximum Gasteiger partial charge on any atom is 0.343 e. The summed E-state index contributed by atoms with van der Waals surface area (Å²) in [4.78, 5) is 36.3. The molecule has 1 atom stereocenters. The largest absolute Gasteiger partial charge is 0.494 e. The zero-order valence-corrected chi connectivity index (χ0v) is 35.2. The number of unbranched alkanes of at least 4 members (excludes halogenated alkanes) is 15. The first-order valence-electron chi connectivity index (χ1n) is 22.0. The number of carbonyl (C=O) groups is 2. The molecule has 4 rings (SSSR count). The standard InChI is InChI=1S/C49H67NO8/c1-4-6-7-8-9-11-14-17-20-33-49(34-35-49)58-46-32-27-42(37-45(46)50(53)54)48(52)57-44-30-25-41(26-31-44)40-23-28-43(29-24-40)55-36-21-18-15-12-10-13-16-19-22-47(51)56-38-39(3)5-2/h5,23-32,37,39H,2,4,6-22,33-36,38H2,1,3H3. The molecule has 1 saturated carbocycles. The molecule has 0 N–H and O–H groups in total. The number of esters is 2. The fourth-order valence-electron chi connectivity index (χ4n) is 7.02. The molecule has 0 bridgehead atoms. The number of nitro groups is 1. The monoisotopic (exact) mass is 797 g/mol. The van der Waals surface area contributed by atoms with Gasteiger partial charge in [-0.15, -0.1) is 6.58 Å². The van der Waals surface area contributed by atoms with E-state index in [4.69, 9.17) is 18.9 Å². The maximum absolute atomic E-state index is 13.0. The van der Waals surface area contributed by atoms with E-state index in [1.807, 2.05) is 43.3 Å². The van der Waals surface area contributed by atoms with Gasteiger partial charge < -0.3 is 18.9 Å². The third-order valence-corrected chi connectivity index (χ3v) is 11.0. The SMILES string of the molecule is C=CC(C)COC(=O)CCCCCCCCCCOc1ccc(-c2ccc(OC(=O)c3ccc(OC4(CCCCCCCCCCC)CC4)c([N+](=O)[O-])c3)cc2)cc1. The van der Waals surface area contributed by atoms with Gasteiger partial charge in [-0.3, -0.25) is 14.9 Å². The number of nitrogens with zero attached hydrogens (tertiary/aromatic N) is 1. The topological polar surface area (TPSA) is 114 Å². The molecule has 1 aliphatic rings. The average molecular weight is 798 g/mol. The summed E-state index contributed by atoms with van der Waals surface area (Å²) in [6, 6.07) is 19.4. The Morgan fingerprint density at radius 2 is 1.31 bits per heavy atom. The van der Waals surface area contributed by atoms with Crippen LogP contribution in [0.4, 0.5) is 5.69 Å². The second-order valence-corrected chi connectivity index (χ2v) is 16.1. The Morgan fingerprint density at radius 1 is 0.759 bits per heavy atom. The van der Waals surface area contributed by atoms with Crippen LogP contribution in [0.3, 0.4) is 0 Å². The molecule has 0 amide bonds. The Hall–Kier alpha value is -4.66. The maximum atomic E-state index is 13.0. The summed E-state index contributed by atoms with van der Waals surface area (Å²) in [7, 11) is 0. The Labute approximate surface area is 347 Å². The summed E-state index contributed by atoms with van der Waals surface area (Å²) < 4.78 is 23.1. The number of hydrogen-bond donors (Lipinski definition) is 0. The molecule has 0 heterocycles. The highest BCUT2D eigenvalue weighted by molar-refractivity contribution is 5.92. The lowest BCUT2D eigenvalue weighted by molar-refractivity contribution is -0.386. The van der Waals surface area contributed by atoms with E-state index >= 15 is 0 Å². The second-order valence-electron chi connectivity index (χ2n) is 16.1. The Morgan fingerprint density at radius 3 is 1.88 bits per heavy atom. The van der Waals surface area contributed by atoms with Crippen molar-refractivity contribution in [2.45, 2.75) is 154 Å². The van der Waals surface area contributed by atoms with E-state index in [0.717, 1.165) is 81.1 Å². The van der Waals surface area contributed by atoms with E-state index in [-0.39, 0.29) is 34.5 Å². The number of nitro benzene ring substituents is 1. The first-order valence-corrected chi connectivity index (χ1v) is 22.0. The van der Waals surface area contributed by atoms with Crippen LogP contribution in [0.15, 0.2) is 79.4 Å². The van der Waals surface area contributed by atoms with Gasteiger partial charge >= 0.3 is 17.6 Å². The summed E-state index contributed by atoms with van der Waals surface area (Å²) in [6.45, 7) is 9.01. The molecule has 3 aromatic rings. The molecule has 9 heteroatoms.